The number of hydrogen-bond donors (Lipinski definition) is 0. The highest BCUT2D eigenvalue weighted by molar-refractivity contribution is 7.92. The molecule has 2 aromatic heterocycles. The van der Waals surface area contributed by atoms with E-state index in [2.05, 4.69) is 43.7 Å². The molecule has 1 aromatic carbocycles. The molecular formula is C23H28N4O2S. The van der Waals surface area contributed by atoms with Gasteiger partial charge in [-0.05, 0) is 44.9 Å². The summed E-state index contributed by atoms with van der Waals surface area (Å²) < 4.78 is 26.6. The van der Waals surface area contributed by atoms with Gasteiger partial charge in [-0.2, -0.15) is 0 Å². The molecule has 0 amide bonds. The Morgan fingerprint density at radius 1 is 1.03 bits per heavy atom. The van der Waals surface area contributed by atoms with Gasteiger partial charge in [-0.15, -0.1) is 0 Å². The van der Waals surface area contributed by atoms with E-state index in [4.69, 9.17) is 0 Å². The summed E-state index contributed by atoms with van der Waals surface area (Å²) in [6, 6.07) is 14.0. The van der Waals surface area contributed by atoms with Crippen molar-refractivity contribution in [3.05, 3.63) is 71.9 Å². The second-order valence-electron chi connectivity index (χ2n) is 8.71. The Morgan fingerprint density at radius 2 is 1.80 bits per heavy atom. The Balaban J connectivity index is 1.46. The van der Waals surface area contributed by atoms with E-state index in [9.17, 15) is 8.42 Å². The van der Waals surface area contributed by atoms with Crippen LogP contribution in [0.25, 0.3) is 0 Å². The van der Waals surface area contributed by atoms with Crippen LogP contribution in [-0.2, 0) is 35.8 Å². The van der Waals surface area contributed by atoms with Gasteiger partial charge >= 0.3 is 0 Å². The van der Waals surface area contributed by atoms with Crippen molar-refractivity contribution in [1.29, 1.82) is 0 Å². The molecular weight excluding hydrogens is 396 g/mol. The molecule has 158 valence electrons. The van der Waals surface area contributed by atoms with Gasteiger partial charge in [0, 0.05) is 25.2 Å². The molecule has 0 spiro atoms. The summed E-state index contributed by atoms with van der Waals surface area (Å²) >= 11 is 0. The Kier molecular flexibility index (Phi) is 5.40. The zero-order chi connectivity index (χ0) is 21.4. The molecule has 0 unspecified atom stereocenters. The number of anilines is 1. The van der Waals surface area contributed by atoms with E-state index in [1.54, 1.807) is 33.0 Å². The standard InChI is InChI=1S/C23H28N4O2S/c1-23(2,3)30(28,29)22-10-9-19(15-24-22)26-14-12-21-20(16-26)25-17-27(21)13-11-18-7-5-4-6-8-18/h4-10,15,17H,11-14,16H2,1-3H3. The minimum absolute atomic E-state index is 0.127. The first kappa shape index (κ1) is 20.6. The number of aryl methyl sites for hydroxylation is 2. The highest BCUT2D eigenvalue weighted by Crippen LogP contribution is 2.27. The Hall–Kier alpha value is -2.67. The SMILES string of the molecule is CC(C)(C)S(=O)(=O)c1ccc(N2CCc3c(ncn3CCc3ccccc3)C2)cn1. The summed E-state index contributed by atoms with van der Waals surface area (Å²) in [5.74, 6) is 0. The number of nitrogens with zero attached hydrogens (tertiary/aromatic N) is 4. The summed E-state index contributed by atoms with van der Waals surface area (Å²) in [6.45, 7) is 7.57. The van der Waals surface area contributed by atoms with Crippen LogP contribution in [-0.4, -0.2) is 34.2 Å². The van der Waals surface area contributed by atoms with Gasteiger partial charge in [0.2, 0.25) is 0 Å². The Morgan fingerprint density at radius 3 is 2.47 bits per heavy atom. The van der Waals surface area contributed by atoms with Crippen molar-refractivity contribution in [3.63, 3.8) is 0 Å². The van der Waals surface area contributed by atoms with E-state index < -0.39 is 14.6 Å². The molecule has 30 heavy (non-hydrogen) atoms. The largest absolute Gasteiger partial charge is 0.364 e. The lowest BCUT2D eigenvalue weighted by Crippen LogP contribution is -2.32. The zero-order valence-corrected chi connectivity index (χ0v) is 18.6. The van der Waals surface area contributed by atoms with Crippen LogP contribution in [0.1, 0.15) is 37.7 Å². The van der Waals surface area contributed by atoms with Crippen LogP contribution < -0.4 is 4.90 Å². The van der Waals surface area contributed by atoms with Crippen LogP contribution in [0.15, 0.2) is 60.0 Å². The fraction of sp³-hybridized carbons (Fsp3) is 0.391. The Bertz CT molecular complexity index is 1110. The van der Waals surface area contributed by atoms with Gasteiger partial charge in [-0.25, -0.2) is 18.4 Å². The van der Waals surface area contributed by atoms with Crippen LogP contribution >= 0.6 is 0 Å². The van der Waals surface area contributed by atoms with Crippen LogP contribution in [0.3, 0.4) is 0 Å². The lowest BCUT2D eigenvalue weighted by atomic mass is 10.1. The average molecular weight is 425 g/mol. The molecule has 0 fully saturated rings. The summed E-state index contributed by atoms with van der Waals surface area (Å²) in [5.41, 5.74) is 4.63. The lowest BCUT2D eigenvalue weighted by Gasteiger charge is -2.29. The number of imidazole rings is 1. The molecule has 0 saturated heterocycles. The zero-order valence-electron chi connectivity index (χ0n) is 17.7. The monoisotopic (exact) mass is 424 g/mol. The van der Waals surface area contributed by atoms with Crippen molar-refractivity contribution in [2.75, 3.05) is 11.4 Å². The number of sulfone groups is 1. The van der Waals surface area contributed by atoms with Crippen molar-refractivity contribution in [3.8, 4) is 0 Å². The first-order valence-electron chi connectivity index (χ1n) is 10.3. The van der Waals surface area contributed by atoms with E-state index in [0.717, 1.165) is 37.3 Å². The summed E-state index contributed by atoms with van der Waals surface area (Å²) in [7, 11) is -3.44. The van der Waals surface area contributed by atoms with E-state index in [0.29, 0.717) is 6.54 Å². The molecule has 0 aliphatic carbocycles. The van der Waals surface area contributed by atoms with Crippen molar-refractivity contribution in [2.45, 2.75) is 56.5 Å². The molecule has 4 rings (SSSR count). The van der Waals surface area contributed by atoms with Gasteiger partial charge in [0.25, 0.3) is 0 Å². The van der Waals surface area contributed by atoms with Crippen molar-refractivity contribution < 1.29 is 8.42 Å². The number of aromatic nitrogens is 3. The van der Waals surface area contributed by atoms with Gasteiger partial charge in [0.15, 0.2) is 14.9 Å². The molecule has 1 aliphatic heterocycles. The van der Waals surface area contributed by atoms with Gasteiger partial charge in [-0.3, -0.25) is 0 Å². The van der Waals surface area contributed by atoms with Crippen molar-refractivity contribution in [1.82, 2.24) is 14.5 Å². The first-order valence-corrected chi connectivity index (χ1v) is 11.8. The van der Waals surface area contributed by atoms with E-state index in [1.165, 1.54) is 11.3 Å². The van der Waals surface area contributed by atoms with Gasteiger partial charge in [-0.1, -0.05) is 30.3 Å². The molecule has 0 saturated carbocycles. The number of rotatable bonds is 5. The maximum atomic E-state index is 12.6. The van der Waals surface area contributed by atoms with Gasteiger partial charge in [0.05, 0.1) is 35.2 Å². The molecule has 0 N–H and O–H groups in total. The van der Waals surface area contributed by atoms with E-state index in [-0.39, 0.29) is 5.03 Å². The van der Waals surface area contributed by atoms with E-state index >= 15 is 0 Å². The molecule has 0 radical (unpaired) electrons. The third-order valence-corrected chi connectivity index (χ3v) is 8.05. The Labute approximate surface area is 178 Å². The van der Waals surface area contributed by atoms with Crippen molar-refractivity contribution >= 4 is 15.5 Å². The molecule has 0 atom stereocenters. The average Bonchev–Trinajstić information content (AvgIpc) is 3.14. The topological polar surface area (TPSA) is 68.1 Å². The minimum atomic E-state index is -3.44. The molecule has 0 bridgehead atoms. The minimum Gasteiger partial charge on any atom is -0.364 e. The fourth-order valence-corrected chi connectivity index (χ4v) is 4.78. The maximum absolute atomic E-state index is 12.6. The highest BCUT2D eigenvalue weighted by Gasteiger charge is 2.32. The van der Waals surface area contributed by atoms with Crippen LogP contribution in [0.5, 0.6) is 0 Å². The quantitative estimate of drug-likeness (QED) is 0.625. The predicted octanol–water partition coefficient (Wildman–Crippen LogP) is 3.66. The first-order chi connectivity index (χ1) is 14.3. The number of benzene rings is 1. The van der Waals surface area contributed by atoms with Crippen molar-refractivity contribution in [2.24, 2.45) is 0 Å². The second-order valence-corrected chi connectivity index (χ2v) is 11.4. The summed E-state index contributed by atoms with van der Waals surface area (Å²) in [4.78, 5) is 11.1. The molecule has 3 heterocycles. The van der Waals surface area contributed by atoms with Crippen LogP contribution in [0, 0.1) is 0 Å². The van der Waals surface area contributed by atoms with Crippen LogP contribution in [0.4, 0.5) is 5.69 Å². The normalized spacial score (nSPS) is 14.6. The summed E-state index contributed by atoms with van der Waals surface area (Å²) in [5, 5.41) is 0.127. The third-order valence-electron chi connectivity index (χ3n) is 5.64. The number of fused-ring (bicyclic) bond motifs is 1. The fourth-order valence-electron chi connectivity index (χ4n) is 3.71. The smallest absolute Gasteiger partial charge is 0.200 e. The number of pyridine rings is 1. The molecule has 3 aromatic rings. The molecule has 1 aliphatic rings. The second kappa shape index (κ2) is 7.87. The maximum Gasteiger partial charge on any atom is 0.200 e. The van der Waals surface area contributed by atoms with E-state index in [1.807, 2.05) is 18.5 Å². The molecule has 7 heteroatoms. The predicted molar refractivity (Wildman–Crippen MR) is 118 cm³/mol. The third kappa shape index (κ3) is 3.99. The lowest BCUT2D eigenvalue weighted by molar-refractivity contribution is 0.556. The van der Waals surface area contributed by atoms with Crippen LogP contribution in [0.2, 0.25) is 0 Å². The highest BCUT2D eigenvalue weighted by atomic mass is 32.2. The van der Waals surface area contributed by atoms with Gasteiger partial charge < -0.3 is 9.47 Å². The molecule has 6 nitrogen and oxygen atoms in total. The van der Waals surface area contributed by atoms with Gasteiger partial charge in [0.1, 0.15) is 0 Å². The summed E-state index contributed by atoms with van der Waals surface area (Å²) in [6.07, 6.45) is 5.50. The number of hydrogen-bond acceptors (Lipinski definition) is 5.